The second kappa shape index (κ2) is 8.13. The lowest BCUT2D eigenvalue weighted by Crippen LogP contribution is -2.11. The number of rotatable bonds is 10. The van der Waals surface area contributed by atoms with Crippen LogP contribution in [0.1, 0.15) is 79.1 Å². The van der Waals surface area contributed by atoms with E-state index >= 15 is 0 Å². The predicted molar refractivity (Wildman–Crippen MR) is 77.4 cm³/mol. The Morgan fingerprint density at radius 1 is 1.00 bits per heavy atom. The zero-order chi connectivity index (χ0) is 12.7. The molecule has 0 aromatic heterocycles. The third kappa shape index (κ3) is 6.45. The predicted octanol–water partition coefficient (Wildman–Crippen LogP) is 4.86. The van der Waals surface area contributed by atoms with Gasteiger partial charge < -0.3 is 0 Å². The van der Waals surface area contributed by atoms with Crippen molar-refractivity contribution in [3.63, 3.8) is 0 Å². The highest BCUT2D eigenvalue weighted by molar-refractivity contribution is 4.90. The molecule has 0 aliphatic carbocycles. The summed E-state index contributed by atoms with van der Waals surface area (Å²) in [5.41, 5.74) is 0. The fourth-order valence-corrected chi connectivity index (χ4v) is 2.95. The van der Waals surface area contributed by atoms with Crippen LogP contribution < -0.4 is 0 Å². The Labute approximate surface area is 109 Å². The molecule has 0 aromatic carbocycles. The quantitative estimate of drug-likeness (QED) is 0.389. The van der Waals surface area contributed by atoms with Gasteiger partial charge in [0.2, 0.25) is 0 Å². The summed E-state index contributed by atoms with van der Waals surface area (Å²) in [5, 5.41) is 0. The zero-order valence-electron chi connectivity index (χ0n) is 12.5. The van der Waals surface area contributed by atoms with Gasteiger partial charge in [-0.05, 0) is 26.2 Å². The molecule has 0 amide bonds. The molecular formula is C16H33N. The highest BCUT2D eigenvalue weighted by Crippen LogP contribution is 2.26. The Kier molecular flexibility index (Phi) is 7.18. The van der Waals surface area contributed by atoms with Gasteiger partial charge in [-0.2, -0.15) is 0 Å². The normalized spacial score (nSPS) is 25.2. The van der Waals surface area contributed by atoms with E-state index in [-0.39, 0.29) is 0 Å². The first kappa shape index (κ1) is 15.0. The first-order chi connectivity index (χ1) is 8.15. The topological polar surface area (TPSA) is 3.01 Å². The van der Waals surface area contributed by atoms with Gasteiger partial charge in [0.1, 0.15) is 0 Å². The smallest absolute Gasteiger partial charge is 0.0226 e. The number of unbranched alkanes of at least 4 members (excludes halogenated alkanes) is 3. The molecule has 0 bridgehead atoms. The summed E-state index contributed by atoms with van der Waals surface area (Å²) in [6.07, 6.45) is 11.5. The Morgan fingerprint density at radius 2 is 1.71 bits per heavy atom. The van der Waals surface area contributed by atoms with Gasteiger partial charge in [0, 0.05) is 18.6 Å². The lowest BCUT2D eigenvalue weighted by molar-refractivity contribution is 0.402. The van der Waals surface area contributed by atoms with Crippen LogP contribution in [0.25, 0.3) is 0 Å². The van der Waals surface area contributed by atoms with Crippen LogP contribution in [-0.4, -0.2) is 23.5 Å². The fourth-order valence-electron chi connectivity index (χ4n) is 2.95. The van der Waals surface area contributed by atoms with Gasteiger partial charge >= 0.3 is 0 Å². The van der Waals surface area contributed by atoms with E-state index in [1.165, 1.54) is 57.9 Å². The molecule has 0 saturated carbocycles. The zero-order valence-corrected chi connectivity index (χ0v) is 12.5. The van der Waals surface area contributed by atoms with Crippen molar-refractivity contribution in [3.8, 4) is 0 Å². The lowest BCUT2D eigenvalue weighted by Gasteiger charge is -2.09. The summed E-state index contributed by atoms with van der Waals surface area (Å²) >= 11 is 0. The minimum absolute atomic E-state index is 0.773. The molecule has 1 fully saturated rings. The van der Waals surface area contributed by atoms with E-state index in [0.717, 1.165) is 18.0 Å². The van der Waals surface area contributed by atoms with Gasteiger partial charge in [0.05, 0.1) is 0 Å². The average molecular weight is 239 g/mol. The third-order valence-corrected chi connectivity index (χ3v) is 4.19. The Morgan fingerprint density at radius 3 is 2.29 bits per heavy atom. The SMILES string of the molecule is CCCC(C)CCCCCCC1CN1C(C)C. The molecule has 0 radical (unpaired) electrons. The van der Waals surface area contributed by atoms with Crippen LogP contribution in [0.2, 0.25) is 0 Å². The minimum Gasteiger partial charge on any atom is -0.295 e. The van der Waals surface area contributed by atoms with Crippen LogP contribution >= 0.6 is 0 Å². The van der Waals surface area contributed by atoms with Crippen LogP contribution in [0.5, 0.6) is 0 Å². The van der Waals surface area contributed by atoms with Crippen LogP contribution in [0.3, 0.4) is 0 Å². The first-order valence-electron chi connectivity index (χ1n) is 7.90. The maximum Gasteiger partial charge on any atom is 0.0226 e. The Hall–Kier alpha value is -0.0400. The van der Waals surface area contributed by atoms with Gasteiger partial charge in [-0.1, -0.05) is 58.8 Å². The van der Waals surface area contributed by atoms with Crippen molar-refractivity contribution in [2.45, 2.75) is 91.1 Å². The van der Waals surface area contributed by atoms with Gasteiger partial charge in [-0.3, -0.25) is 4.90 Å². The van der Waals surface area contributed by atoms with Crippen LogP contribution in [-0.2, 0) is 0 Å². The third-order valence-electron chi connectivity index (χ3n) is 4.19. The molecule has 1 heterocycles. The van der Waals surface area contributed by atoms with E-state index in [4.69, 9.17) is 0 Å². The molecule has 1 aliphatic heterocycles. The lowest BCUT2D eigenvalue weighted by atomic mass is 9.98. The monoisotopic (exact) mass is 239 g/mol. The Bertz CT molecular complexity index is 188. The van der Waals surface area contributed by atoms with Crippen molar-refractivity contribution in [1.29, 1.82) is 0 Å². The molecule has 1 aliphatic rings. The molecule has 0 aromatic rings. The van der Waals surface area contributed by atoms with Crippen molar-refractivity contribution in [1.82, 2.24) is 4.90 Å². The Balaban J connectivity index is 1.82. The van der Waals surface area contributed by atoms with Gasteiger partial charge in [-0.15, -0.1) is 0 Å². The molecule has 0 spiro atoms. The summed E-state index contributed by atoms with van der Waals surface area (Å²) < 4.78 is 0. The van der Waals surface area contributed by atoms with Crippen molar-refractivity contribution in [3.05, 3.63) is 0 Å². The summed E-state index contributed by atoms with van der Waals surface area (Å²) in [6.45, 7) is 10.7. The van der Waals surface area contributed by atoms with E-state index in [2.05, 4.69) is 32.6 Å². The molecule has 0 N–H and O–H groups in total. The molecule has 1 nitrogen and oxygen atoms in total. The average Bonchev–Trinajstić information content (AvgIpc) is 3.03. The summed E-state index contributed by atoms with van der Waals surface area (Å²) in [5.74, 6) is 0.958. The molecular weight excluding hydrogens is 206 g/mol. The maximum absolute atomic E-state index is 2.61. The van der Waals surface area contributed by atoms with Gasteiger partial charge in [-0.25, -0.2) is 0 Å². The van der Waals surface area contributed by atoms with Crippen molar-refractivity contribution >= 4 is 0 Å². The number of nitrogens with zero attached hydrogens (tertiary/aromatic N) is 1. The highest BCUT2D eigenvalue weighted by atomic mass is 15.3. The maximum atomic E-state index is 2.61. The molecule has 3 atom stereocenters. The molecule has 3 unspecified atom stereocenters. The molecule has 1 saturated heterocycles. The molecule has 1 heteroatoms. The highest BCUT2D eigenvalue weighted by Gasteiger charge is 2.34. The summed E-state index contributed by atoms with van der Waals surface area (Å²) in [6, 6.07) is 1.71. The van der Waals surface area contributed by atoms with Gasteiger partial charge in [0.15, 0.2) is 0 Å². The number of hydrogen-bond acceptors (Lipinski definition) is 1. The van der Waals surface area contributed by atoms with E-state index in [0.29, 0.717) is 0 Å². The van der Waals surface area contributed by atoms with Gasteiger partial charge in [0.25, 0.3) is 0 Å². The van der Waals surface area contributed by atoms with Crippen LogP contribution in [0.15, 0.2) is 0 Å². The second-order valence-electron chi connectivity index (χ2n) is 6.33. The van der Waals surface area contributed by atoms with Crippen molar-refractivity contribution in [2.75, 3.05) is 6.54 Å². The fraction of sp³-hybridized carbons (Fsp3) is 1.00. The minimum atomic E-state index is 0.773. The van der Waals surface area contributed by atoms with E-state index in [9.17, 15) is 0 Å². The van der Waals surface area contributed by atoms with E-state index < -0.39 is 0 Å². The van der Waals surface area contributed by atoms with Crippen molar-refractivity contribution < 1.29 is 0 Å². The number of hydrogen-bond donors (Lipinski definition) is 0. The molecule has 1 rings (SSSR count). The van der Waals surface area contributed by atoms with Crippen LogP contribution in [0, 0.1) is 5.92 Å². The summed E-state index contributed by atoms with van der Waals surface area (Å²) in [7, 11) is 0. The van der Waals surface area contributed by atoms with Crippen LogP contribution in [0.4, 0.5) is 0 Å². The van der Waals surface area contributed by atoms with E-state index in [1.807, 2.05) is 0 Å². The molecule has 17 heavy (non-hydrogen) atoms. The standard InChI is InChI=1S/C16H33N/c1-5-10-15(4)11-8-6-7-9-12-16-13-17(16)14(2)3/h14-16H,5-13H2,1-4H3. The largest absolute Gasteiger partial charge is 0.295 e. The first-order valence-corrected chi connectivity index (χ1v) is 7.90. The second-order valence-corrected chi connectivity index (χ2v) is 6.33. The molecule has 102 valence electrons. The summed E-state index contributed by atoms with van der Waals surface area (Å²) in [4.78, 5) is 2.61. The van der Waals surface area contributed by atoms with E-state index in [1.54, 1.807) is 0 Å². The van der Waals surface area contributed by atoms with Crippen molar-refractivity contribution in [2.24, 2.45) is 5.92 Å².